The number of esters is 1. The molecule has 3 aliphatic rings. The van der Waals surface area contributed by atoms with Gasteiger partial charge in [0.2, 0.25) is 5.79 Å². The fourth-order valence-corrected chi connectivity index (χ4v) is 3.61. The minimum Gasteiger partial charge on any atom is -0.425 e. The first-order chi connectivity index (χ1) is 8.42. The minimum atomic E-state index is -1.44. The Balaban J connectivity index is 2.07. The molecule has 96 valence electrons. The van der Waals surface area contributed by atoms with Gasteiger partial charge in [0, 0.05) is 17.6 Å². The maximum atomic E-state index is 11.6. The molecular weight excluding hydrogens is 228 g/mol. The molecule has 0 aromatic heterocycles. The molecule has 0 unspecified atom stereocenters. The molecule has 2 fully saturated rings. The summed E-state index contributed by atoms with van der Waals surface area (Å²) in [4.78, 5) is 11.6. The molecule has 2 aliphatic carbocycles. The maximum absolute atomic E-state index is 11.6. The molecule has 3 nitrogen and oxygen atoms in total. The number of allylic oxidation sites excluding steroid dienone is 1. The molecule has 3 rings (SSSR count). The van der Waals surface area contributed by atoms with E-state index in [9.17, 15) is 9.90 Å². The molecule has 0 aromatic carbocycles. The Morgan fingerprint density at radius 3 is 2.78 bits per heavy atom. The van der Waals surface area contributed by atoms with Crippen LogP contribution in [0, 0.1) is 11.8 Å². The van der Waals surface area contributed by atoms with E-state index >= 15 is 0 Å². The Hall–Kier alpha value is -1.35. The summed E-state index contributed by atoms with van der Waals surface area (Å²) in [7, 11) is 0. The Kier molecular flexibility index (Phi) is 2.33. The lowest BCUT2D eigenvalue weighted by molar-refractivity contribution is -0.181. The van der Waals surface area contributed by atoms with E-state index in [4.69, 9.17) is 4.74 Å². The average Bonchev–Trinajstić information content (AvgIpc) is 2.70. The molecule has 0 spiro atoms. The van der Waals surface area contributed by atoms with Gasteiger partial charge >= 0.3 is 5.97 Å². The van der Waals surface area contributed by atoms with Crippen molar-refractivity contribution in [3.8, 4) is 0 Å². The second-order valence-electron chi connectivity index (χ2n) is 5.73. The van der Waals surface area contributed by atoms with Gasteiger partial charge in [-0.3, -0.25) is 0 Å². The van der Waals surface area contributed by atoms with Crippen molar-refractivity contribution < 1.29 is 14.6 Å². The first-order valence-electron chi connectivity index (χ1n) is 6.43. The summed E-state index contributed by atoms with van der Waals surface area (Å²) in [6.07, 6.45) is 3.09. The topological polar surface area (TPSA) is 46.5 Å². The summed E-state index contributed by atoms with van der Waals surface area (Å²) in [5, 5.41) is 10.6. The van der Waals surface area contributed by atoms with Crippen LogP contribution in [-0.2, 0) is 9.53 Å². The Labute approximate surface area is 107 Å². The van der Waals surface area contributed by atoms with Gasteiger partial charge in [0.05, 0.1) is 0 Å². The highest BCUT2D eigenvalue weighted by Gasteiger charge is 2.50. The summed E-state index contributed by atoms with van der Waals surface area (Å²) in [6.45, 7) is 9.95. The van der Waals surface area contributed by atoms with Gasteiger partial charge in [-0.2, -0.15) is 0 Å². The summed E-state index contributed by atoms with van der Waals surface area (Å²) >= 11 is 0. The van der Waals surface area contributed by atoms with Crippen molar-refractivity contribution in [1.82, 2.24) is 0 Å². The van der Waals surface area contributed by atoms with Crippen LogP contribution in [0.2, 0.25) is 0 Å². The van der Waals surface area contributed by atoms with Crippen LogP contribution in [0.15, 0.2) is 35.5 Å². The van der Waals surface area contributed by atoms with E-state index in [2.05, 4.69) is 13.2 Å². The van der Waals surface area contributed by atoms with Crippen molar-refractivity contribution >= 4 is 5.97 Å². The molecule has 1 N–H and O–H groups in total. The van der Waals surface area contributed by atoms with E-state index in [1.54, 1.807) is 6.92 Å². The normalized spacial score (nSPS) is 39.6. The van der Waals surface area contributed by atoms with E-state index in [0.717, 1.165) is 24.0 Å². The largest absolute Gasteiger partial charge is 0.425 e. The van der Waals surface area contributed by atoms with Gasteiger partial charge in [-0.25, -0.2) is 4.79 Å². The van der Waals surface area contributed by atoms with Crippen molar-refractivity contribution in [2.24, 2.45) is 11.8 Å². The van der Waals surface area contributed by atoms with Crippen LogP contribution >= 0.6 is 0 Å². The SMILES string of the molecule is C=C1C[C@@]2(O)OC(=O)C(C)=C2C[C@H]2C(=C)CC[C@@H]12. The van der Waals surface area contributed by atoms with Crippen LogP contribution in [0.5, 0.6) is 0 Å². The smallest absolute Gasteiger partial charge is 0.336 e. The predicted octanol–water partition coefficient (Wildman–Crippen LogP) is 2.48. The van der Waals surface area contributed by atoms with Crippen molar-refractivity contribution in [2.75, 3.05) is 0 Å². The van der Waals surface area contributed by atoms with E-state index in [-0.39, 0.29) is 0 Å². The third-order valence-electron chi connectivity index (χ3n) is 4.69. The maximum Gasteiger partial charge on any atom is 0.336 e. The molecule has 0 saturated heterocycles. The molecule has 0 radical (unpaired) electrons. The van der Waals surface area contributed by atoms with Gasteiger partial charge in [-0.15, -0.1) is 0 Å². The van der Waals surface area contributed by atoms with Crippen LogP contribution in [0.1, 0.15) is 32.6 Å². The van der Waals surface area contributed by atoms with Gasteiger partial charge in [-0.1, -0.05) is 24.3 Å². The Morgan fingerprint density at radius 2 is 2.06 bits per heavy atom. The number of carbonyl (C=O) groups excluding carboxylic acids is 1. The second-order valence-corrected chi connectivity index (χ2v) is 5.73. The van der Waals surface area contributed by atoms with E-state index in [1.165, 1.54) is 5.57 Å². The van der Waals surface area contributed by atoms with E-state index < -0.39 is 11.8 Å². The van der Waals surface area contributed by atoms with Crippen molar-refractivity contribution in [1.29, 1.82) is 0 Å². The lowest BCUT2D eigenvalue weighted by Gasteiger charge is -2.24. The van der Waals surface area contributed by atoms with Crippen molar-refractivity contribution in [2.45, 2.75) is 38.4 Å². The number of aliphatic hydroxyl groups is 1. The number of hydrogen-bond acceptors (Lipinski definition) is 3. The molecular formula is C15H18O3. The fourth-order valence-electron chi connectivity index (χ4n) is 3.61. The molecule has 0 amide bonds. The van der Waals surface area contributed by atoms with Crippen molar-refractivity contribution in [3.05, 3.63) is 35.5 Å². The summed E-state index contributed by atoms with van der Waals surface area (Å²) in [5.74, 6) is -1.15. The van der Waals surface area contributed by atoms with Crippen molar-refractivity contribution in [3.63, 3.8) is 0 Å². The molecule has 2 saturated carbocycles. The minimum absolute atomic E-state index is 0.311. The molecule has 3 atom stereocenters. The van der Waals surface area contributed by atoms with E-state index in [1.807, 2.05) is 0 Å². The molecule has 0 aromatic rings. The van der Waals surface area contributed by atoms with Gasteiger partial charge in [0.15, 0.2) is 0 Å². The Morgan fingerprint density at radius 1 is 1.33 bits per heavy atom. The highest BCUT2D eigenvalue weighted by molar-refractivity contribution is 5.92. The zero-order chi connectivity index (χ0) is 13.1. The standard InChI is InChI=1S/C15H18O3/c1-8-4-5-11-9(2)7-15(17)13(6-12(8)11)10(3)14(16)18-15/h11-12,17H,1-2,4-7H2,3H3/t11-,12-,15+/m0/s1. The number of ether oxygens (including phenoxy) is 1. The average molecular weight is 246 g/mol. The van der Waals surface area contributed by atoms with Gasteiger partial charge in [-0.05, 0) is 38.0 Å². The van der Waals surface area contributed by atoms with Gasteiger partial charge < -0.3 is 9.84 Å². The molecule has 3 heteroatoms. The number of hydrogen-bond donors (Lipinski definition) is 1. The summed E-state index contributed by atoms with van der Waals surface area (Å²) in [5.41, 5.74) is 3.50. The number of rotatable bonds is 0. The lowest BCUT2D eigenvalue weighted by Crippen LogP contribution is -2.31. The van der Waals surface area contributed by atoms with Crippen LogP contribution < -0.4 is 0 Å². The highest BCUT2D eigenvalue weighted by atomic mass is 16.7. The summed E-state index contributed by atoms with van der Waals surface area (Å²) < 4.78 is 5.17. The predicted molar refractivity (Wildman–Crippen MR) is 67.5 cm³/mol. The molecule has 1 heterocycles. The second kappa shape index (κ2) is 3.58. The quantitative estimate of drug-likeness (QED) is 0.527. The summed E-state index contributed by atoms with van der Waals surface area (Å²) in [6, 6.07) is 0. The van der Waals surface area contributed by atoms with Crippen LogP contribution in [-0.4, -0.2) is 16.9 Å². The third-order valence-corrected chi connectivity index (χ3v) is 4.69. The van der Waals surface area contributed by atoms with E-state index in [0.29, 0.717) is 30.3 Å². The van der Waals surface area contributed by atoms with Crippen LogP contribution in [0.4, 0.5) is 0 Å². The van der Waals surface area contributed by atoms with Gasteiger partial charge in [0.25, 0.3) is 0 Å². The zero-order valence-electron chi connectivity index (χ0n) is 10.7. The Bertz CT molecular complexity index is 500. The fraction of sp³-hybridized carbons (Fsp3) is 0.533. The van der Waals surface area contributed by atoms with Crippen LogP contribution in [0.3, 0.4) is 0 Å². The molecule has 0 bridgehead atoms. The lowest BCUT2D eigenvalue weighted by atomic mass is 9.86. The van der Waals surface area contributed by atoms with Gasteiger partial charge in [0.1, 0.15) is 0 Å². The molecule has 1 aliphatic heterocycles. The number of carbonyl (C=O) groups is 1. The number of fused-ring (bicyclic) bond motifs is 2. The zero-order valence-corrected chi connectivity index (χ0v) is 10.7. The first-order valence-corrected chi connectivity index (χ1v) is 6.43. The van der Waals surface area contributed by atoms with Crippen LogP contribution in [0.25, 0.3) is 0 Å². The third kappa shape index (κ3) is 1.43. The highest BCUT2D eigenvalue weighted by Crippen LogP contribution is 2.52. The first kappa shape index (κ1) is 11.7. The molecule has 18 heavy (non-hydrogen) atoms. The monoisotopic (exact) mass is 246 g/mol.